The molecule has 2 amide bonds. The number of nitro groups is 1. The minimum atomic E-state index is -0.481. The molecule has 3 rings (SSSR count). The number of amides is 2. The summed E-state index contributed by atoms with van der Waals surface area (Å²) in [4.78, 5) is 38.0. The number of carbonyl (C=O) groups excluding carboxylic acids is 2. The first kappa shape index (κ1) is 22.4. The van der Waals surface area contributed by atoms with Crippen molar-refractivity contribution in [2.45, 2.75) is 39.7 Å². The molecule has 1 heterocycles. The van der Waals surface area contributed by atoms with Crippen LogP contribution in [-0.4, -0.2) is 47.4 Å². The number of rotatable bonds is 7. The molecule has 2 aromatic rings. The quantitative estimate of drug-likeness (QED) is 0.537. The van der Waals surface area contributed by atoms with Crippen LogP contribution in [0.15, 0.2) is 36.4 Å². The summed E-state index contributed by atoms with van der Waals surface area (Å²) in [6.45, 7) is 6.27. The molecule has 0 spiro atoms. The molecule has 31 heavy (non-hydrogen) atoms. The van der Waals surface area contributed by atoms with Crippen LogP contribution in [-0.2, 0) is 9.53 Å². The van der Waals surface area contributed by atoms with Gasteiger partial charge in [0.05, 0.1) is 11.0 Å². The topological polar surface area (TPSA) is 102 Å². The number of carbonyl (C=O) groups is 2. The normalized spacial score (nSPS) is 15.5. The van der Waals surface area contributed by atoms with Gasteiger partial charge in [-0.2, -0.15) is 0 Å². The minimum absolute atomic E-state index is 0.0464. The third-order valence-corrected chi connectivity index (χ3v) is 5.59. The number of ether oxygens (including phenoxy) is 1. The first-order chi connectivity index (χ1) is 14.8. The molecule has 0 unspecified atom stereocenters. The molecule has 1 atom stereocenters. The Kier molecular flexibility index (Phi) is 7.02. The minimum Gasteiger partial charge on any atom is -0.376 e. The molecule has 1 N–H and O–H groups in total. The Morgan fingerprint density at radius 3 is 2.61 bits per heavy atom. The van der Waals surface area contributed by atoms with E-state index in [1.165, 1.54) is 23.1 Å². The van der Waals surface area contributed by atoms with Gasteiger partial charge in [0, 0.05) is 36.0 Å². The molecule has 1 saturated heterocycles. The molecule has 1 aliphatic heterocycles. The van der Waals surface area contributed by atoms with Crippen LogP contribution in [0, 0.1) is 30.9 Å². The van der Waals surface area contributed by atoms with Crippen LogP contribution in [0.1, 0.15) is 39.9 Å². The second-order valence-corrected chi connectivity index (χ2v) is 7.87. The van der Waals surface area contributed by atoms with Crippen molar-refractivity contribution >= 4 is 23.2 Å². The summed E-state index contributed by atoms with van der Waals surface area (Å²) in [7, 11) is 0. The predicted octanol–water partition coefficient (Wildman–Crippen LogP) is 3.78. The van der Waals surface area contributed by atoms with E-state index in [4.69, 9.17) is 4.74 Å². The zero-order valence-electron chi connectivity index (χ0n) is 18.0. The number of nitrogens with one attached hydrogen (secondary N) is 1. The fourth-order valence-electron chi connectivity index (χ4n) is 3.68. The van der Waals surface area contributed by atoms with Gasteiger partial charge in [-0.1, -0.05) is 12.1 Å². The zero-order valence-corrected chi connectivity index (χ0v) is 18.0. The largest absolute Gasteiger partial charge is 0.376 e. The number of nitro benzene ring substituents is 1. The van der Waals surface area contributed by atoms with E-state index >= 15 is 0 Å². The maximum absolute atomic E-state index is 13.2. The molecule has 0 radical (unpaired) electrons. The van der Waals surface area contributed by atoms with Crippen molar-refractivity contribution in [1.82, 2.24) is 4.90 Å². The number of hydrogen-bond donors (Lipinski definition) is 1. The molecule has 0 aromatic heterocycles. The third kappa shape index (κ3) is 5.46. The van der Waals surface area contributed by atoms with Gasteiger partial charge in [0.2, 0.25) is 5.91 Å². The smallest absolute Gasteiger partial charge is 0.272 e. The molecule has 1 aliphatic rings. The van der Waals surface area contributed by atoms with E-state index in [2.05, 4.69) is 5.32 Å². The van der Waals surface area contributed by atoms with Crippen LogP contribution in [0.25, 0.3) is 0 Å². The van der Waals surface area contributed by atoms with Gasteiger partial charge in [0.15, 0.2) is 0 Å². The zero-order chi connectivity index (χ0) is 22.5. The van der Waals surface area contributed by atoms with Gasteiger partial charge in [-0.25, -0.2) is 0 Å². The van der Waals surface area contributed by atoms with E-state index in [-0.39, 0.29) is 36.7 Å². The standard InChI is InChI=1S/C23H27N3O5/c1-15-6-4-8-20(17(15)3)24-22(27)14-25(13-19-7-5-11-31-19)23(28)18-9-10-21(26(29)30)16(2)12-18/h4,6,8-10,12,19H,5,7,11,13-14H2,1-3H3,(H,24,27)/t19-/m0/s1. The summed E-state index contributed by atoms with van der Waals surface area (Å²) in [5.41, 5.74) is 3.40. The molecule has 2 aromatic carbocycles. The fraction of sp³-hybridized carbons (Fsp3) is 0.391. The summed E-state index contributed by atoms with van der Waals surface area (Å²) in [5, 5.41) is 14.0. The second-order valence-electron chi connectivity index (χ2n) is 7.87. The van der Waals surface area contributed by atoms with Gasteiger partial charge in [-0.3, -0.25) is 19.7 Å². The average molecular weight is 425 g/mol. The van der Waals surface area contributed by atoms with Crippen molar-refractivity contribution in [3.05, 3.63) is 68.8 Å². The Balaban J connectivity index is 1.79. The highest BCUT2D eigenvalue weighted by Gasteiger charge is 2.26. The first-order valence-corrected chi connectivity index (χ1v) is 10.3. The van der Waals surface area contributed by atoms with Crippen LogP contribution >= 0.6 is 0 Å². The van der Waals surface area contributed by atoms with Gasteiger partial charge in [0.25, 0.3) is 11.6 Å². The van der Waals surface area contributed by atoms with Crippen molar-refractivity contribution in [2.75, 3.05) is 25.0 Å². The van der Waals surface area contributed by atoms with Gasteiger partial charge in [-0.05, 0) is 62.9 Å². The molecule has 1 fully saturated rings. The Bertz CT molecular complexity index is 999. The van der Waals surface area contributed by atoms with Crippen molar-refractivity contribution in [3.63, 3.8) is 0 Å². The molecule has 8 heteroatoms. The second kappa shape index (κ2) is 9.70. The monoisotopic (exact) mass is 425 g/mol. The number of benzene rings is 2. The van der Waals surface area contributed by atoms with E-state index in [0.717, 1.165) is 24.0 Å². The van der Waals surface area contributed by atoms with Gasteiger partial charge in [0.1, 0.15) is 6.54 Å². The lowest BCUT2D eigenvalue weighted by Gasteiger charge is -2.25. The van der Waals surface area contributed by atoms with Crippen molar-refractivity contribution in [3.8, 4) is 0 Å². The van der Waals surface area contributed by atoms with E-state index in [1.54, 1.807) is 6.92 Å². The Morgan fingerprint density at radius 1 is 1.19 bits per heavy atom. The number of anilines is 1. The summed E-state index contributed by atoms with van der Waals surface area (Å²) in [5.74, 6) is -0.664. The van der Waals surface area contributed by atoms with Gasteiger partial charge < -0.3 is 15.0 Å². The fourth-order valence-corrected chi connectivity index (χ4v) is 3.68. The van der Waals surface area contributed by atoms with Crippen LogP contribution in [0.2, 0.25) is 0 Å². The maximum Gasteiger partial charge on any atom is 0.272 e. The molecule has 164 valence electrons. The SMILES string of the molecule is Cc1cc(C(=O)N(CC(=O)Nc2cccc(C)c2C)C[C@@H]2CCCO2)ccc1[N+](=O)[O-]. The van der Waals surface area contributed by atoms with E-state index in [9.17, 15) is 19.7 Å². The molecular formula is C23H27N3O5. The van der Waals surface area contributed by atoms with Gasteiger partial charge in [-0.15, -0.1) is 0 Å². The molecule has 0 saturated carbocycles. The lowest BCUT2D eigenvalue weighted by Crippen LogP contribution is -2.42. The summed E-state index contributed by atoms with van der Waals surface area (Å²) in [6.07, 6.45) is 1.61. The Hall–Kier alpha value is -3.26. The molecule has 0 bridgehead atoms. The van der Waals surface area contributed by atoms with Gasteiger partial charge >= 0.3 is 0 Å². The molecular weight excluding hydrogens is 398 g/mol. The molecule has 8 nitrogen and oxygen atoms in total. The maximum atomic E-state index is 13.2. The van der Waals surface area contributed by atoms with Crippen LogP contribution < -0.4 is 5.32 Å². The lowest BCUT2D eigenvalue weighted by molar-refractivity contribution is -0.385. The highest BCUT2D eigenvalue weighted by Crippen LogP contribution is 2.22. The Morgan fingerprint density at radius 2 is 1.97 bits per heavy atom. The van der Waals surface area contributed by atoms with Crippen LogP contribution in [0.4, 0.5) is 11.4 Å². The Labute approximate surface area is 181 Å². The summed E-state index contributed by atoms with van der Waals surface area (Å²) < 4.78 is 5.66. The molecule has 0 aliphatic carbocycles. The number of hydrogen-bond acceptors (Lipinski definition) is 5. The predicted molar refractivity (Wildman–Crippen MR) is 117 cm³/mol. The highest BCUT2D eigenvalue weighted by atomic mass is 16.6. The number of aryl methyl sites for hydroxylation is 2. The van der Waals surface area contributed by atoms with Crippen molar-refractivity contribution in [2.24, 2.45) is 0 Å². The van der Waals surface area contributed by atoms with Crippen molar-refractivity contribution < 1.29 is 19.2 Å². The highest BCUT2D eigenvalue weighted by molar-refractivity contribution is 6.00. The summed E-state index contributed by atoms with van der Waals surface area (Å²) >= 11 is 0. The van der Waals surface area contributed by atoms with E-state index < -0.39 is 4.92 Å². The van der Waals surface area contributed by atoms with Crippen molar-refractivity contribution in [1.29, 1.82) is 0 Å². The van der Waals surface area contributed by atoms with E-state index in [0.29, 0.717) is 23.4 Å². The average Bonchev–Trinajstić information content (AvgIpc) is 3.23. The summed E-state index contributed by atoms with van der Waals surface area (Å²) in [6, 6.07) is 9.90. The van der Waals surface area contributed by atoms with Crippen LogP contribution in [0.5, 0.6) is 0 Å². The van der Waals surface area contributed by atoms with Crippen LogP contribution in [0.3, 0.4) is 0 Å². The first-order valence-electron chi connectivity index (χ1n) is 10.3. The lowest BCUT2D eigenvalue weighted by atomic mass is 10.1. The number of nitrogens with zero attached hydrogens (tertiary/aromatic N) is 2. The van der Waals surface area contributed by atoms with E-state index in [1.807, 2.05) is 32.0 Å². The third-order valence-electron chi connectivity index (χ3n) is 5.59.